The number of nitrogens with one attached hydrogen (secondary N) is 3. The molecule has 6 heterocycles. The number of aromatic carboxylic acids is 1. The zero-order valence-electron chi connectivity index (χ0n) is 40.9. The smallest absolute Gasteiger partial charge is 0.408 e. The highest BCUT2D eigenvalue weighted by molar-refractivity contribution is 7.17. The average molecular weight is 1070 g/mol. The lowest BCUT2D eigenvalue weighted by Crippen LogP contribution is -2.32. The fourth-order valence-corrected chi connectivity index (χ4v) is 9.58. The van der Waals surface area contributed by atoms with E-state index in [-0.39, 0.29) is 42.9 Å². The number of carboxylic acids is 1. The predicted octanol–water partition coefficient (Wildman–Crippen LogP) is 10.9. The third kappa shape index (κ3) is 16.7. The Morgan fingerprint density at radius 2 is 1.10 bits per heavy atom. The third-order valence-electron chi connectivity index (χ3n) is 9.42. The second-order valence-electron chi connectivity index (χ2n) is 17.5. The molecule has 8 rings (SSSR count). The van der Waals surface area contributed by atoms with Crippen LogP contribution in [0.5, 0.6) is 0 Å². The van der Waals surface area contributed by atoms with Crippen molar-refractivity contribution < 1.29 is 61.7 Å². The van der Waals surface area contributed by atoms with Gasteiger partial charge in [0.25, 0.3) is 5.91 Å². The summed E-state index contributed by atoms with van der Waals surface area (Å²) in [4.78, 5) is 82.1. The van der Waals surface area contributed by atoms with Gasteiger partial charge in [-0.2, -0.15) is 0 Å². The van der Waals surface area contributed by atoms with Crippen LogP contribution < -0.4 is 21.7 Å². The normalized spacial score (nSPS) is 11.1. The number of nitrogens with zero attached hydrogens (tertiary/aromatic N) is 2. The van der Waals surface area contributed by atoms with Gasteiger partial charge in [0.05, 0.1) is 66.9 Å². The first kappa shape index (κ1) is 54.7. The molecule has 0 aliphatic rings. The van der Waals surface area contributed by atoms with Gasteiger partial charge in [0.2, 0.25) is 0 Å². The summed E-state index contributed by atoms with van der Waals surface area (Å²) in [6, 6.07) is 20.8. The molecule has 3 amide bonds. The monoisotopic (exact) mass is 1070 g/mol. The van der Waals surface area contributed by atoms with Gasteiger partial charge in [-0.3, -0.25) is 19.7 Å². The molecule has 0 spiro atoms. The van der Waals surface area contributed by atoms with Crippen LogP contribution in [0.2, 0.25) is 0 Å². The Bertz CT molecular complexity index is 3240. The maximum Gasteiger partial charge on any atom is 0.408 e. The summed E-state index contributed by atoms with van der Waals surface area (Å²) < 4.78 is 30.9. The fraction of sp³-hybridized carbons (Fsp3) is 0.280. The highest BCUT2D eigenvalue weighted by Crippen LogP contribution is 2.33. The molecule has 0 unspecified atom stereocenters. The van der Waals surface area contributed by atoms with Crippen LogP contribution in [-0.2, 0) is 54.5 Å². The molecule has 23 heteroatoms. The van der Waals surface area contributed by atoms with Gasteiger partial charge in [-0.15, -0.1) is 45.3 Å². The number of hydrogen-bond acceptors (Lipinski definition) is 19. The second-order valence-corrected chi connectivity index (χ2v) is 21.6. The molecule has 0 saturated carbocycles. The van der Waals surface area contributed by atoms with E-state index in [9.17, 15) is 28.8 Å². The standard InChI is InChI=1S/C25H25N3O6S2.C15H17NO5.C10H10N2O2S2/c1-25(2,3)34-24(31)26-12-16-10-15-9-14(5-7-19(15)33-16)22(30)28-23-27-18(13-35-23)20-8-6-17(36-20)11-21(29)32-4;1-15(2,3)21-14(19)16-8-11-7-10-6-9(13(17)18)4-5-12(10)20-11;1-14-9(13)4-6-2-3-8(16-6)7-5-15-10(11)12-7/h5-10,13H,11-12H2,1-4H3,(H,26,31)(H,27,28,30);4-7H,8H2,1-3H3,(H,16,19)(H,17,18);2-3,5H,4H2,1H3,(H2,11,12). The average Bonchev–Trinajstić information content (AvgIpc) is 4.19. The number of benzene rings is 2. The van der Waals surface area contributed by atoms with Crippen molar-refractivity contribution in [1.82, 2.24) is 20.6 Å². The highest BCUT2D eigenvalue weighted by Gasteiger charge is 2.19. The van der Waals surface area contributed by atoms with E-state index in [0.29, 0.717) is 50.3 Å². The SMILES string of the molecule is CC(C)(C)OC(=O)NCc1cc2cc(C(=O)O)ccc2o1.COC(=O)Cc1ccc(-c2csc(N)n2)s1.COC(=O)Cc1ccc(-c2csc(NC(=O)c3ccc4oc(CNC(=O)OC(C)(C)C)cc4c3)n2)s1. The lowest BCUT2D eigenvalue weighted by molar-refractivity contribution is -0.140. The first-order valence-corrected chi connectivity index (χ1v) is 25.4. The van der Waals surface area contributed by atoms with Gasteiger partial charge < -0.3 is 49.3 Å². The Hall–Kier alpha value is -7.60. The lowest BCUT2D eigenvalue weighted by Gasteiger charge is -2.19. The van der Waals surface area contributed by atoms with Gasteiger partial charge in [-0.05, 0) is 114 Å². The van der Waals surface area contributed by atoms with E-state index in [4.69, 9.17) is 33.9 Å². The number of rotatable bonds is 13. The maximum atomic E-state index is 12.8. The molecule has 19 nitrogen and oxygen atoms in total. The Morgan fingerprint density at radius 3 is 1.55 bits per heavy atom. The van der Waals surface area contributed by atoms with Gasteiger partial charge >= 0.3 is 30.1 Å². The molecule has 6 N–H and O–H groups in total. The first-order valence-electron chi connectivity index (χ1n) is 22.0. The Morgan fingerprint density at radius 1 is 0.630 bits per heavy atom. The van der Waals surface area contributed by atoms with Crippen LogP contribution in [0.25, 0.3) is 43.1 Å². The van der Waals surface area contributed by atoms with Gasteiger partial charge in [-0.25, -0.2) is 24.4 Å². The number of thiazole rings is 2. The van der Waals surface area contributed by atoms with Crippen molar-refractivity contribution in [2.24, 2.45) is 0 Å². The van der Waals surface area contributed by atoms with Crippen LogP contribution in [0, 0.1) is 0 Å². The fourth-order valence-electron chi connectivity index (χ4n) is 6.26. The van der Waals surface area contributed by atoms with Crippen LogP contribution in [0.1, 0.15) is 83.5 Å². The third-order valence-corrected chi connectivity index (χ3v) is 13.1. The van der Waals surface area contributed by atoms with E-state index in [0.717, 1.165) is 36.3 Å². The van der Waals surface area contributed by atoms with Gasteiger partial charge in [0, 0.05) is 36.9 Å². The van der Waals surface area contributed by atoms with Crippen molar-refractivity contribution in [3.63, 3.8) is 0 Å². The molecular formula is C50H52N6O13S4. The summed E-state index contributed by atoms with van der Waals surface area (Å²) in [6.45, 7) is 11.0. The summed E-state index contributed by atoms with van der Waals surface area (Å²) >= 11 is 5.71. The largest absolute Gasteiger partial charge is 0.478 e. The molecular weight excluding hydrogens is 1020 g/mol. The summed E-state index contributed by atoms with van der Waals surface area (Å²) in [7, 11) is 2.75. The molecule has 8 aromatic rings. The van der Waals surface area contributed by atoms with Crippen LogP contribution in [0.4, 0.5) is 19.9 Å². The topological polar surface area (TPSA) is 274 Å². The molecule has 73 heavy (non-hydrogen) atoms. The van der Waals surface area contributed by atoms with E-state index in [1.54, 1.807) is 77.9 Å². The van der Waals surface area contributed by atoms with Crippen molar-refractivity contribution in [2.75, 3.05) is 25.3 Å². The molecule has 2 aromatic carbocycles. The molecule has 0 aliphatic carbocycles. The number of esters is 2. The van der Waals surface area contributed by atoms with Crippen LogP contribution in [0.15, 0.2) is 92.4 Å². The minimum Gasteiger partial charge on any atom is -0.478 e. The van der Waals surface area contributed by atoms with Gasteiger partial charge in [0.1, 0.15) is 33.9 Å². The number of carbonyl (C=O) groups is 6. The zero-order valence-corrected chi connectivity index (χ0v) is 44.1. The number of thiophene rings is 2. The highest BCUT2D eigenvalue weighted by atomic mass is 32.1. The number of aromatic nitrogens is 2. The van der Waals surface area contributed by atoms with Gasteiger partial charge in [0.15, 0.2) is 10.3 Å². The van der Waals surface area contributed by atoms with Crippen LogP contribution >= 0.6 is 45.3 Å². The summed E-state index contributed by atoms with van der Waals surface area (Å²) in [5, 5.41) is 23.2. The Kier molecular flexibility index (Phi) is 18.2. The molecule has 6 aromatic heterocycles. The molecule has 0 fully saturated rings. The number of alkyl carbamates (subject to hydrolysis) is 2. The van der Waals surface area contributed by atoms with E-state index < -0.39 is 29.4 Å². The van der Waals surface area contributed by atoms with Crippen LogP contribution in [0.3, 0.4) is 0 Å². The minimum atomic E-state index is -0.994. The van der Waals surface area contributed by atoms with E-state index in [1.165, 1.54) is 71.7 Å². The minimum absolute atomic E-state index is 0.164. The summed E-state index contributed by atoms with van der Waals surface area (Å²) in [5.74, 6) is -0.753. The molecule has 0 saturated heterocycles. The number of fused-ring (bicyclic) bond motifs is 2. The maximum absolute atomic E-state index is 12.8. The Labute approximate surface area is 434 Å². The molecule has 0 bridgehead atoms. The number of nitrogen functional groups attached to an aromatic ring is 1. The number of hydrogen-bond donors (Lipinski definition) is 5. The van der Waals surface area contributed by atoms with Crippen molar-refractivity contribution in [1.29, 1.82) is 0 Å². The van der Waals surface area contributed by atoms with E-state index in [2.05, 4.69) is 30.7 Å². The number of anilines is 2. The van der Waals surface area contributed by atoms with Gasteiger partial charge in [-0.1, -0.05) is 0 Å². The van der Waals surface area contributed by atoms with Crippen LogP contribution in [-0.4, -0.2) is 76.5 Å². The predicted molar refractivity (Wildman–Crippen MR) is 280 cm³/mol. The first-order chi connectivity index (χ1) is 34.5. The number of ether oxygens (including phenoxy) is 4. The molecule has 384 valence electrons. The van der Waals surface area contributed by atoms with Crippen molar-refractivity contribution in [3.8, 4) is 21.1 Å². The number of carbonyl (C=O) groups excluding carboxylic acids is 5. The number of methoxy groups -OCH3 is 2. The molecule has 0 atom stereocenters. The number of carboxylic acid groups (broad SMARTS) is 1. The molecule has 0 radical (unpaired) electrons. The van der Waals surface area contributed by atoms with Crippen molar-refractivity contribution in [3.05, 3.63) is 116 Å². The number of furan rings is 2. The summed E-state index contributed by atoms with van der Waals surface area (Å²) in [5.41, 5.74) is 7.81. The van der Waals surface area contributed by atoms with Crippen molar-refractivity contribution >= 4 is 114 Å². The van der Waals surface area contributed by atoms with E-state index >= 15 is 0 Å². The summed E-state index contributed by atoms with van der Waals surface area (Å²) in [6.07, 6.45) is -0.549. The van der Waals surface area contributed by atoms with Crippen molar-refractivity contribution in [2.45, 2.75) is 78.7 Å². The quantitative estimate of drug-likeness (QED) is 0.0530. The van der Waals surface area contributed by atoms with E-state index in [1.807, 2.05) is 35.0 Å². The lowest BCUT2D eigenvalue weighted by atomic mass is 10.1. The number of nitrogens with two attached hydrogens (primary N) is 1. The Balaban J connectivity index is 0.000000198. The second kappa shape index (κ2) is 24.2. The number of amides is 3. The molecule has 0 aliphatic heterocycles. The zero-order chi connectivity index (χ0) is 53.0.